The summed E-state index contributed by atoms with van der Waals surface area (Å²) >= 11 is 0. The van der Waals surface area contributed by atoms with Crippen LogP contribution in [0.3, 0.4) is 0 Å². The van der Waals surface area contributed by atoms with E-state index in [1.165, 1.54) is 0 Å². The van der Waals surface area contributed by atoms with Gasteiger partial charge in [-0.15, -0.1) is 0 Å². The Morgan fingerprint density at radius 2 is 1.83 bits per heavy atom. The molecule has 0 fully saturated rings. The molecule has 2 N–H and O–H groups in total. The standard InChI is InChI=1S/C17H14N6/c1-11-5-4-6-12(20-11)15-16(13-8-9-19-17(18)21-13)23-10-3-2-7-14(23)22-15/h2-10H,1H3,(H2,18,19,21). The van der Waals surface area contributed by atoms with Crippen LogP contribution in [0.5, 0.6) is 0 Å². The van der Waals surface area contributed by atoms with Gasteiger partial charge in [0.25, 0.3) is 0 Å². The fraction of sp³-hybridized carbons (Fsp3) is 0.0588. The number of aromatic nitrogens is 5. The summed E-state index contributed by atoms with van der Waals surface area (Å²) in [6.45, 7) is 1.96. The third-order valence-corrected chi connectivity index (χ3v) is 3.58. The maximum atomic E-state index is 5.75. The fourth-order valence-electron chi connectivity index (χ4n) is 2.60. The molecule has 0 aliphatic heterocycles. The molecule has 0 saturated carbocycles. The van der Waals surface area contributed by atoms with Gasteiger partial charge in [-0.3, -0.25) is 9.38 Å². The summed E-state index contributed by atoms with van der Waals surface area (Å²) in [7, 11) is 0. The number of nitrogens with zero attached hydrogens (tertiary/aromatic N) is 5. The van der Waals surface area contributed by atoms with E-state index in [4.69, 9.17) is 10.7 Å². The Kier molecular flexibility index (Phi) is 3.01. The number of nitrogen functional groups attached to an aromatic ring is 1. The van der Waals surface area contributed by atoms with Crippen molar-refractivity contribution in [2.45, 2.75) is 6.92 Å². The van der Waals surface area contributed by atoms with Gasteiger partial charge in [-0.2, -0.15) is 0 Å². The van der Waals surface area contributed by atoms with Gasteiger partial charge in [0.1, 0.15) is 17.0 Å². The van der Waals surface area contributed by atoms with Crippen LogP contribution < -0.4 is 5.73 Å². The van der Waals surface area contributed by atoms with Crippen LogP contribution in [0.2, 0.25) is 0 Å². The lowest BCUT2D eigenvalue weighted by atomic mass is 10.1. The summed E-state index contributed by atoms with van der Waals surface area (Å²) in [4.78, 5) is 17.6. The summed E-state index contributed by atoms with van der Waals surface area (Å²) in [5, 5.41) is 0. The SMILES string of the molecule is Cc1cccc(-c2nc3ccccn3c2-c2ccnc(N)n2)n1. The number of imidazole rings is 1. The molecule has 0 radical (unpaired) electrons. The molecule has 0 aliphatic rings. The summed E-state index contributed by atoms with van der Waals surface area (Å²) < 4.78 is 1.99. The van der Waals surface area contributed by atoms with Gasteiger partial charge >= 0.3 is 0 Å². The number of anilines is 1. The lowest BCUT2D eigenvalue weighted by Gasteiger charge is -2.05. The zero-order valence-corrected chi connectivity index (χ0v) is 12.5. The number of pyridine rings is 2. The fourth-order valence-corrected chi connectivity index (χ4v) is 2.60. The van der Waals surface area contributed by atoms with Crippen molar-refractivity contribution in [2.24, 2.45) is 0 Å². The number of hydrogen-bond acceptors (Lipinski definition) is 5. The van der Waals surface area contributed by atoms with Crippen LogP contribution in [0.25, 0.3) is 28.4 Å². The van der Waals surface area contributed by atoms with E-state index in [1.54, 1.807) is 6.20 Å². The van der Waals surface area contributed by atoms with E-state index in [0.29, 0.717) is 0 Å². The molecule has 4 aromatic heterocycles. The van der Waals surface area contributed by atoms with E-state index in [0.717, 1.165) is 34.1 Å². The minimum Gasteiger partial charge on any atom is -0.368 e. The maximum Gasteiger partial charge on any atom is 0.220 e. The van der Waals surface area contributed by atoms with Gasteiger partial charge in [-0.1, -0.05) is 12.1 Å². The summed E-state index contributed by atoms with van der Waals surface area (Å²) in [5.41, 5.74) is 10.7. The van der Waals surface area contributed by atoms with Crippen molar-refractivity contribution in [3.63, 3.8) is 0 Å². The number of nitrogens with two attached hydrogens (primary N) is 1. The molecule has 0 bridgehead atoms. The van der Waals surface area contributed by atoms with Gasteiger partial charge in [-0.25, -0.2) is 15.0 Å². The summed E-state index contributed by atoms with van der Waals surface area (Å²) in [5.74, 6) is 0.233. The van der Waals surface area contributed by atoms with Crippen molar-refractivity contribution in [2.75, 3.05) is 5.73 Å². The van der Waals surface area contributed by atoms with Crippen molar-refractivity contribution >= 4 is 11.6 Å². The third-order valence-electron chi connectivity index (χ3n) is 3.58. The first kappa shape index (κ1) is 13.4. The maximum absolute atomic E-state index is 5.75. The third kappa shape index (κ3) is 2.30. The second-order valence-electron chi connectivity index (χ2n) is 5.20. The Morgan fingerprint density at radius 1 is 0.913 bits per heavy atom. The molecule has 23 heavy (non-hydrogen) atoms. The predicted octanol–water partition coefficient (Wildman–Crippen LogP) is 2.74. The predicted molar refractivity (Wildman–Crippen MR) is 88.6 cm³/mol. The first-order chi connectivity index (χ1) is 11.2. The lowest BCUT2D eigenvalue weighted by molar-refractivity contribution is 1.13. The summed E-state index contributed by atoms with van der Waals surface area (Å²) in [6, 6.07) is 13.6. The van der Waals surface area contributed by atoms with Crippen LogP contribution in [-0.2, 0) is 0 Å². The van der Waals surface area contributed by atoms with Gasteiger partial charge in [0.2, 0.25) is 5.95 Å². The molecular formula is C17H14N6. The summed E-state index contributed by atoms with van der Waals surface area (Å²) in [6.07, 6.45) is 3.60. The van der Waals surface area contributed by atoms with Crippen LogP contribution >= 0.6 is 0 Å². The van der Waals surface area contributed by atoms with Crippen molar-refractivity contribution in [3.05, 3.63) is 60.6 Å². The van der Waals surface area contributed by atoms with Crippen LogP contribution in [0.1, 0.15) is 5.69 Å². The highest BCUT2D eigenvalue weighted by Gasteiger charge is 2.18. The van der Waals surface area contributed by atoms with E-state index in [2.05, 4.69) is 15.0 Å². The molecule has 4 heterocycles. The van der Waals surface area contributed by atoms with Gasteiger partial charge in [0, 0.05) is 18.1 Å². The van der Waals surface area contributed by atoms with Crippen molar-refractivity contribution in [3.8, 4) is 22.8 Å². The molecule has 6 nitrogen and oxygen atoms in total. The molecule has 0 unspecified atom stereocenters. The Labute approximate surface area is 132 Å². The smallest absolute Gasteiger partial charge is 0.220 e. The van der Waals surface area contributed by atoms with Gasteiger partial charge < -0.3 is 5.73 Å². The molecule has 0 spiro atoms. The first-order valence-electron chi connectivity index (χ1n) is 7.22. The molecule has 6 heteroatoms. The van der Waals surface area contributed by atoms with E-state index in [9.17, 15) is 0 Å². The molecule has 0 saturated heterocycles. The Bertz CT molecular complexity index is 1000. The Hall–Kier alpha value is -3.28. The highest BCUT2D eigenvalue weighted by Crippen LogP contribution is 2.30. The number of hydrogen-bond donors (Lipinski definition) is 1. The average molecular weight is 302 g/mol. The Balaban J connectivity index is 2.06. The lowest BCUT2D eigenvalue weighted by Crippen LogP contribution is -1.98. The molecular weight excluding hydrogens is 288 g/mol. The zero-order valence-electron chi connectivity index (χ0n) is 12.5. The van der Waals surface area contributed by atoms with Crippen LogP contribution in [0, 0.1) is 6.92 Å². The van der Waals surface area contributed by atoms with Crippen LogP contribution in [0.4, 0.5) is 5.95 Å². The quantitative estimate of drug-likeness (QED) is 0.615. The minimum atomic E-state index is 0.233. The molecule has 0 aliphatic carbocycles. The van der Waals surface area contributed by atoms with Gasteiger partial charge in [-0.05, 0) is 37.3 Å². The van der Waals surface area contributed by atoms with Gasteiger partial charge in [0.15, 0.2) is 0 Å². The second-order valence-corrected chi connectivity index (χ2v) is 5.20. The average Bonchev–Trinajstić information content (AvgIpc) is 2.94. The highest BCUT2D eigenvalue weighted by molar-refractivity contribution is 5.79. The van der Waals surface area contributed by atoms with E-state index in [1.807, 2.05) is 60.0 Å². The van der Waals surface area contributed by atoms with Crippen LogP contribution in [0.15, 0.2) is 54.9 Å². The number of rotatable bonds is 2. The molecule has 112 valence electrons. The topological polar surface area (TPSA) is 82.0 Å². The van der Waals surface area contributed by atoms with E-state index in [-0.39, 0.29) is 5.95 Å². The monoisotopic (exact) mass is 302 g/mol. The molecule has 0 atom stereocenters. The molecule has 0 aromatic carbocycles. The molecule has 4 aromatic rings. The second kappa shape index (κ2) is 5.17. The van der Waals surface area contributed by atoms with Crippen molar-refractivity contribution < 1.29 is 0 Å². The molecule has 0 amide bonds. The number of fused-ring (bicyclic) bond motifs is 1. The zero-order chi connectivity index (χ0) is 15.8. The van der Waals surface area contributed by atoms with Crippen LogP contribution in [-0.4, -0.2) is 24.3 Å². The normalized spacial score (nSPS) is 11.0. The largest absolute Gasteiger partial charge is 0.368 e. The van der Waals surface area contributed by atoms with Crippen molar-refractivity contribution in [1.82, 2.24) is 24.3 Å². The van der Waals surface area contributed by atoms with Crippen molar-refractivity contribution in [1.29, 1.82) is 0 Å². The van der Waals surface area contributed by atoms with Gasteiger partial charge in [0.05, 0.1) is 11.4 Å². The molecule has 4 rings (SSSR count). The first-order valence-corrected chi connectivity index (χ1v) is 7.22. The number of aryl methyl sites for hydroxylation is 1. The van der Waals surface area contributed by atoms with E-state index >= 15 is 0 Å². The van der Waals surface area contributed by atoms with E-state index < -0.39 is 0 Å². The highest BCUT2D eigenvalue weighted by atomic mass is 15.1. The Morgan fingerprint density at radius 3 is 2.65 bits per heavy atom. The minimum absolute atomic E-state index is 0.233.